The van der Waals surface area contributed by atoms with Gasteiger partial charge in [-0.3, -0.25) is 4.98 Å². The third kappa shape index (κ3) is 2.16. The zero-order valence-corrected chi connectivity index (χ0v) is 7.50. The summed E-state index contributed by atoms with van der Waals surface area (Å²) in [5.74, 6) is 0.375. The van der Waals surface area contributed by atoms with Gasteiger partial charge in [-0.15, -0.1) is 0 Å². The summed E-state index contributed by atoms with van der Waals surface area (Å²) in [5, 5.41) is 8.43. The quantitative estimate of drug-likeness (QED) is 0.747. The summed E-state index contributed by atoms with van der Waals surface area (Å²) < 4.78 is 29.6. The maximum Gasteiger partial charge on any atom is 0.280 e. The average molecular weight is 198 g/mol. The van der Waals surface area contributed by atoms with Gasteiger partial charge in [-0.05, 0) is 11.6 Å². The van der Waals surface area contributed by atoms with Gasteiger partial charge < -0.3 is 4.74 Å². The highest BCUT2D eigenvalue weighted by atomic mass is 19.3. The van der Waals surface area contributed by atoms with Gasteiger partial charge in [0.1, 0.15) is 11.4 Å². The van der Waals surface area contributed by atoms with Crippen LogP contribution in [0.25, 0.3) is 0 Å². The molecule has 0 atom stereocenters. The van der Waals surface area contributed by atoms with Crippen molar-refractivity contribution < 1.29 is 13.5 Å². The number of nitriles is 1. The van der Waals surface area contributed by atoms with Crippen molar-refractivity contribution in [3.05, 3.63) is 23.5 Å². The van der Waals surface area contributed by atoms with E-state index in [1.54, 1.807) is 6.07 Å². The van der Waals surface area contributed by atoms with Gasteiger partial charge in [0, 0.05) is 0 Å². The highest BCUT2D eigenvalue weighted by molar-refractivity contribution is 5.31. The van der Waals surface area contributed by atoms with Gasteiger partial charge in [-0.25, -0.2) is 8.78 Å². The number of ether oxygens (including phenoxy) is 1. The van der Waals surface area contributed by atoms with Gasteiger partial charge in [0.2, 0.25) is 0 Å². The normalized spacial score (nSPS) is 9.93. The first-order chi connectivity index (χ1) is 6.69. The van der Waals surface area contributed by atoms with Crippen LogP contribution in [0.3, 0.4) is 0 Å². The van der Waals surface area contributed by atoms with Crippen LogP contribution in [0.4, 0.5) is 8.78 Å². The molecule has 1 heterocycles. The first-order valence-electron chi connectivity index (χ1n) is 3.87. The van der Waals surface area contributed by atoms with Crippen LogP contribution in [0, 0.1) is 11.3 Å². The van der Waals surface area contributed by atoms with E-state index in [4.69, 9.17) is 10.00 Å². The van der Waals surface area contributed by atoms with Crippen LogP contribution in [-0.2, 0) is 6.42 Å². The number of nitrogens with zero attached hydrogens (tertiary/aromatic N) is 2. The zero-order chi connectivity index (χ0) is 10.6. The number of halogens is 2. The number of rotatable bonds is 3. The smallest absolute Gasteiger partial charge is 0.280 e. The average Bonchev–Trinajstić information content (AvgIpc) is 2.17. The van der Waals surface area contributed by atoms with E-state index >= 15 is 0 Å². The Balaban J connectivity index is 3.11. The van der Waals surface area contributed by atoms with Gasteiger partial charge in [0.25, 0.3) is 6.43 Å². The van der Waals surface area contributed by atoms with Crippen molar-refractivity contribution in [2.75, 3.05) is 7.11 Å². The first kappa shape index (κ1) is 10.4. The van der Waals surface area contributed by atoms with Crippen molar-refractivity contribution >= 4 is 0 Å². The Bertz CT molecular complexity index is 360. The summed E-state index contributed by atoms with van der Waals surface area (Å²) in [6.07, 6.45) is -1.55. The molecule has 74 valence electrons. The fourth-order valence-electron chi connectivity index (χ4n) is 1.03. The summed E-state index contributed by atoms with van der Waals surface area (Å²) in [5.41, 5.74) is -0.144. The second kappa shape index (κ2) is 4.51. The molecule has 1 aromatic heterocycles. The van der Waals surface area contributed by atoms with Gasteiger partial charge in [-0.2, -0.15) is 5.26 Å². The minimum atomic E-state index is -2.66. The molecule has 0 N–H and O–H groups in total. The van der Waals surface area contributed by atoms with E-state index in [1.807, 2.05) is 0 Å². The van der Waals surface area contributed by atoms with E-state index in [2.05, 4.69) is 4.98 Å². The maximum atomic E-state index is 12.4. The van der Waals surface area contributed by atoms with Crippen LogP contribution >= 0.6 is 0 Å². The minimum absolute atomic E-state index is 0.0934. The number of alkyl halides is 2. The first-order valence-corrected chi connectivity index (χ1v) is 3.87. The monoisotopic (exact) mass is 198 g/mol. The van der Waals surface area contributed by atoms with Crippen molar-refractivity contribution in [3.8, 4) is 11.8 Å². The van der Waals surface area contributed by atoms with Crippen LogP contribution in [0.15, 0.2) is 12.3 Å². The van der Waals surface area contributed by atoms with Gasteiger partial charge >= 0.3 is 0 Å². The predicted octanol–water partition coefficient (Wildman–Crippen LogP) is 2.09. The van der Waals surface area contributed by atoms with Crippen molar-refractivity contribution in [2.45, 2.75) is 12.8 Å². The molecule has 0 aliphatic carbocycles. The van der Waals surface area contributed by atoms with Crippen LogP contribution in [0.2, 0.25) is 0 Å². The van der Waals surface area contributed by atoms with Crippen LogP contribution in [-0.4, -0.2) is 12.1 Å². The van der Waals surface area contributed by atoms with Crippen LogP contribution in [0.5, 0.6) is 5.75 Å². The summed E-state index contributed by atoms with van der Waals surface area (Å²) in [6.45, 7) is 0. The van der Waals surface area contributed by atoms with E-state index in [9.17, 15) is 8.78 Å². The highest BCUT2D eigenvalue weighted by Gasteiger charge is 2.15. The van der Waals surface area contributed by atoms with E-state index in [-0.39, 0.29) is 17.7 Å². The van der Waals surface area contributed by atoms with E-state index in [0.29, 0.717) is 5.75 Å². The molecule has 0 aliphatic rings. The molecule has 0 saturated carbocycles. The molecule has 5 heteroatoms. The highest BCUT2D eigenvalue weighted by Crippen LogP contribution is 2.24. The molecule has 0 radical (unpaired) electrons. The molecule has 0 aliphatic heterocycles. The Morgan fingerprint density at radius 3 is 2.86 bits per heavy atom. The van der Waals surface area contributed by atoms with Gasteiger partial charge in [-0.1, -0.05) is 0 Å². The Labute approximate surface area is 79.9 Å². The third-order valence-corrected chi connectivity index (χ3v) is 1.69. The molecule has 1 rings (SSSR count). The topological polar surface area (TPSA) is 45.9 Å². The third-order valence-electron chi connectivity index (χ3n) is 1.69. The number of hydrogen-bond donors (Lipinski definition) is 0. The number of methoxy groups -OCH3 is 1. The molecule has 14 heavy (non-hydrogen) atoms. The molecule has 0 aromatic carbocycles. The van der Waals surface area contributed by atoms with E-state index in [1.165, 1.54) is 19.4 Å². The van der Waals surface area contributed by atoms with Crippen LogP contribution < -0.4 is 4.74 Å². The fraction of sp³-hybridized carbons (Fsp3) is 0.333. The summed E-state index contributed by atoms with van der Waals surface area (Å²) in [4.78, 5) is 3.54. The number of aromatic nitrogens is 1. The Hall–Kier alpha value is -1.70. The molecular formula is C9H8F2N2O. The second-order valence-electron chi connectivity index (χ2n) is 2.56. The van der Waals surface area contributed by atoms with Crippen LogP contribution in [0.1, 0.15) is 17.7 Å². The molecular weight excluding hydrogens is 190 g/mol. The lowest BCUT2D eigenvalue weighted by atomic mass is 10.1. The van der Waals surface area contributed by atoms with Crippen molar-refractivity contribution in [1.82, 2.24) is 4.98 Å². The standard InChI is InChI=1S/C9H8F2N2O/c1-14-7-4-6(2-3-12)8(9(10)11)13-5-7/h4-5,9H,2H2,1H3. The lowest BCUT2D eigenvalue weighted by Gasteiger charge is -2.06. The molecule has 1 aromatic rings. The Kier molecular flexibility index (Phi) is 3.35. The second-order valence-corrected chi connectivity index (χ2v) is 2.56. The Morgan fingerprint density at radius 1 is 1.64 bits per heavy atom. The SMILES string of the molecule is COc1cnc(C(F)F)c(CC#N)c1. The summed E-state index contributed by atoms with van der Waals surface area (Å²) in [7, 11) is 1.41. The Morgan fingerprint density at radius 2 is 2.36 bits per heavy atom. The van der Waals surface area contributed by atoms with Crippen molar-refractivity contribution in [2.24, 2.45) is 0 Å². The van der Waals surface area contributed by atoms with Gasteiger partial charge in [0.05, 0.1) is 25.8 Å². The maximum absolute atomic E-state index is 12.4. The fourth-order valence-corrected chi connectivity index (χ4v) is 1.03. The summed E-state index contributed by atoms with van der Waals surface area (Å²) in [6, 6.07) is 3.20. The molecule has 0 bridgehead atoms. The lowest BCUT2D eigenvalue weighted by Crippen LogP contribution is -1.99. The number of hydrogen-bond acceptors (Lipinski definition) is 3. The number of pyridine rings is 1. The molecule has 0 amide bonds. The van der Waals surface area contributed by atoms with E-state index in [0.717, 1.165) is 0 Å². The largest absolute Gasteiger partial charge is 0.495 e. The van der Waals surface area contributed by atoms with Crippen molar-refractivity contribution in [3.63, 3.8) is 0 Å². The minimum Gasteiger partial charge on any atom is -0.495 e. The van der Waals surface area contributed by atoms with E-state index < -0.39 is 6.43 Å². The molecule has 3 nitrogen and oxygen atoms in total. The molecule has 0 spiro atoms. The zero-order valence-electron chi connectivity index (χ0n) is 7.50. The van der Waals surface area contributed by atoms with Crippen molar-refractivity contribution in [1.29, 1.82) is 5.26 Å². The molecule has 0 unspecified atom stereocenters. The lowest BCUT2D eigenvalue weighted by molar-refractivity contribution is 0.145. The summed E-state index contributed by atoms with van der Waals surface area (Å²) >= 11 is 0. The van der Waals surface area contributed by atoms with Gasteiger partial charge in [0.15, 0.2) is 0 Å². The molecule has 0 fully saturated rings. The molecule has 0 saturated heterocycles. The predicted molar refractivity (Wildman–Crippen MR) is 45.1 cm³/mol.